The SMILES string of the molecule is CCCCn1nc(C(=O)NCC(C)(C)CCOC)ccc1=O. The summed E-state index contributed by atoms with van der Waals surface area (Å²) in [6, 6.07) is 2.87. The van der Waals surface area contributed by atoms with Crippen molar-refractivity contribution in [1.29, 1.82) is 0 Å². The van der Waals surface area contributed by atoms with E-state index in [0.29, 0.717) is 19.7 Å². The Balaban J connectivity index is 2.67. The van der Waals surface area contributed by atoms with Crippen molar-refractivity contribution in [3.8, 4) is 0 Å². The van der Waals surface area contributed by atoms with Gasteiger partial charge in [-0.1, -0.05) is 27.2 Å². The fourth-order valence-corrected chi connectivity index (χ4v) is 1.91. The molecule has 0 aliphatic rings. The van der Waals surface area contributed by atoms with Crippen molar-refractivity contribution in [2.75, 3.05) is 20.3 Å². The molecule has 0 unspecified atom stereocenters. The third kappa shape index (κ3) is 5.97. The Kier molecular flexibility index (Phi) is 7.24. The van der Waals surface area contributed by atoms with E-state index in [2.05, 4.69) is 24.3 Å². The molecule has 0 saturated heterocycles. The van der Waals surface area contributed by atoms with Gasteiger partial charge < -0.3 is 10.1 Å². The average molecular weight is 309 g/mol. The first kappa shape index (κ1) is 18.4. The lowest BCUT2D eigenvalue weighted by Crippen LogP contribution is -2.36. The molecule has 1 N–H and O–H groups in total. The number of aromatic nitrogens is 2. The lowest BCUT2D eigenvalue weighted by atomic mass is 9.89. The van der Waals surface area contributed by atoms with Gasteiger partial charge in [0.15, 0.2) is 0 Å². The summed E-state index contributed by atoms with van der Waals surface area (Å²) in [6.07, 6.45) is 2.69. The largest absolute Gasteiger partial charge is 0.385 e. The molecule has 22 heavy (non-hydrogen) atoms. The number of carbonyl (C=O) groups is 1. The number of nitrogens with zero attached hydrogens (tertiary/aromatic N) is 2. The van der Waals surface area contributed by atoms with E-state index in [9.17, 15) is 9.59 Å². The molecule has 0 fully saturated rings. The zero-order valence-electron chi connectivity index (χ0n) is 14.0. The molecule has 6 nitrogen and oxygen atoms in total. The van der Waals surface area contributed by atoms with E-state index in [1.807, 2.05) is 6.92 Å². The van der Waals surface area contributed by atoms with Crippen LogP contribution < -0.4 is 10.9 Å². The second kappa shape index (κ2) is 8.68. The number of amides is 1. The van der Waals surface area contributed by atoms with Gasteiger partial charge in [-0.25, -0.2) is 4.68 Å². The summed E-state index contributed by atoms with van der Waals surface area (Å²) in [7, 11) is 1.66. The minimum absolute atomic E-state index is 0.0532. The van der Waals surface area contributed by atoms with Gasteiger partial charge in [0.25, 0.3) is 11.5 Å². The minimum atomic E-state index is -0.254. The van der Waals surface area contributed by atoms with Crippen LogP contribution in [0.5, 0.6) is 0 Å². The smallest absolute Gasteiger partial charge is 0.271 e. The van der Waals surface area contributed by atoms with Gasteiger partial charge in [0, 0.05) is 32.9 Å². The van der Waals surface area contributed by atoms with Crippen molar-refractivity contribution >= 4 is 5.91 Å². The van der Waals surface area contributed by atoms with Crippen LogP contribution in [-0.2, 0) is 11.3 Å². The maximum absolute atomic E-state index is 12.2. The van der Waals surface area contributed by atoms with Gasteiger partial charge >= 0.3 is 0 Å². The van der Waals surface area contributed by atoms with Gasteiger partial charge in [0.2, 0.25) is 0 Å². The minimum Gasteiger partial charge on any atom is -0.385 e. The summed E-state index contributed by atoms with van der Waals surface area (Å²) in [6.45, 7) is 7.91. The molecule has 0 aliphatic heterocycles. The number of ether oxygens (including phenoxy) is 1. The molecular weight excluding hydrogens is 282 g/mol. The highest BCUT2D eigenvalue weighted by Gasteiger charge is 2.19. The zero-order chi connectivity index (χ0) is 16.6. The molecule has 1 amide bonds. The monoisotopic (exact) mass is 309 g/mol. The Hall–Kier alpha value is -1.69. The van der Waals surface area contributed by atoms with Crippen molar-refractivity contribution in [1.82, 2.24) is 15.1 Å². The van der Waals surface area contributed by atoms with Gasteiger partial charge in [0.05, 0.1) is 0 Å². The number of hydrogen-bond acceptors (Lipinski definition) is 4. The lowest BCUT2D eigenvalue weighted by Gasteiger charge is -2.24. The number of aryl methyl sites for hydroxylation is 1. The van der Waals surface area contributed by atoms with Crippen LogP contribution >= 0.6 is 0 Å². The lowest BCUT2D eigenvalue weighted by molar-refractivity contribution is 0.0913. The van der Waals surface area contributed by atoms with Gasteiger partial charge in [0.1, 0.15) is 5.69 Å². The fraction of sp³-hybridized carbons (Fsp3) is 0.688. The van der Waals surface area contributed by atoms with Gasteiger partial charge in [-0.05, 0) is 24.3 Å². The summed E-state index contributed by atoms with van der Waals surface area (Å²) < 4.78 is 6.43. The highest BCUT2D eigenvalue weighted by Crippen LogP contribution is 2.18. The standard InChI is InChI=1S/C16H27N3O3/c1-5-6-10-19-14(20)8-7-13(18-19)15(21)17-12-16(2,3)9-11-22-4/h7-8H,5-6,9-12H2,1-4H3,(H,17,21). The molecule has 1 heterocycles. The molecule has 0 atom stereocenters. The van der Waals surface area contributed by atoms with E-state index in [0.717, 1.165) is 19.3 Å². The molecule has 1 rings (SSSR count). The Bertz CT molecular complexity index is 538. The molecule has 0 saturated carbocycles. The number of unbranched alkanes of at least 4 members (excludes halogenated alkanes) is 1. The van der Waals surface area contributed by atoms with Gasteiger partial charge in [-0.15, -0.1) is 0 Å². The van der Waals surface area contributed by atoms with Crippen molar-refractivity contribution in [3.05, 3.63) is 28.2 Å². The summed E-state index contributed by atoms with van der Waals surface area (Å²) in [5.74, 6) is -0.254. The Morgan fingerprint density at radius 1 is 1.41 bits per heavy atom. The number of carbonyl (C=O) groups excluding carboxylic acids is 1. The van der Waals surface area contributed by atoms with Crippen molar-refractivity contribution in [3.63, 3.8) is 0 Å². The van der Waals surface area contributed by atoms with E-state index in [4.69, 9.17) is 4.74 Å². The quantitative estimate of drug-likeness (QED) is 0.755. The number of methoxy groups -OCH3 is 1. The van der Waals surface area contributed by atoms with E-state index in [1.54, 1.807) is 7.11 Å². The molecule has 0 spiro atoms. The van der Waals surface area contributed by atoms with E-state index >= 15 is 0 Å². The summed E-state index contributed by atoms with van der Waals surface area (Å²) in [5, 5.41) is 7.02. The molecule has 1 aromatic heterocycles. The number of nitrogens with one attached hydrogen (secondary N) is 1. The average Bonchev–Trinajstić information content (AvgIpc) is 2.50. The topological polar surface area (TPSA) is 73.2 Å². The molecule has 124 valence electrons. The molecule has 0 aromatic carbocycles. The maximum Gasteiger partial charge on any atom is 0.271 e. The van der Waals surface area contributed by atoms with Crippen LogP contribution in [0, 0.1) is 5.41 Å². The molecule has 0 aliphatic carbocycles. The fourth-order valence-electron chi connectivity index (χ4n) is 1.91. The first-order chi connectivity index (χ1) is 10.4. The first-order valence-corrected chi connectivity index (χ1v) is 7.75. The zero-order valence-corrected chi connectivity index (χ0v) is 14.0. The Morgan fingerprint density at radius 2 is 2.14 bits per heavy atom. The Morgan fingerprint density at radius 3 is 2.77 bits per heavy atom. The van der Waals surface area contributed by atoms with Crippen molar-refractivity contribution in [2.24, 2.45) is 5.41 Å². The van der Waals surface area contributed by atoms with Crippen LogP contribution in [0.3, 0.4) is 0 Å². The highest BCUT2D eigenvalue weighted by atomic mass is 16.5. The second-order valence-corrected chi connectivity index (χ2v) is 6.22. The molecule has 0 bridgehead atoms. The van der Waals surface area contributed by atoms with Crippen molar-refractivity contribution in [2.45, 2.75) is 46.6 Å². The normalized spacial score (nSPS) is 11.5. The van der Waals surface area contributed by atoms with E-state index in [1.165, 1.54) is 16.8 Å². The number of rotatable bonds is 9. The summed E-state index contributed by atoms with van der Waals surface area (Å²) >= 11 is 0. The van der Waals surface area contributed by atoms with Crippen LogP contribution in [0.1, 0.15) is 50.5 Å². The Labute approximate surface area is 131 Å². The van der Waals surface area contributed by atoms with Crippen LogP contribution in [0.25, 0.3) is 0 Å². The molecule has 0 radical (unpaired) electrons. The predicted molar refractivity (Wildman–Crippen MR) is 86.0 cm³/mol. The van der Waals surface area contributed by atoms with Gasteiger partial charge in [-0.2, -0.15) is 5.10 Å². The summed E-state index contributed by atoms with van der Waals surface area (Å²) in [5.41, 5.74) is 0.0474. The first-order valence-electron chi connectivity index (χ1n) is 7.75. The van der Waals surface area contributed by atoms with E-state index < -0.39 is 0 Å². The third-order valence-electron chi connectivity index (χ3n) is 3.53. The van der Waals surface area contributed by atoms with Crippen molar-refractivity contribution < 1.29 is 9.53 Å². The highest BCUT2D eigenvalue weighted by molar-refractivity contribution is 5.92. The number of hydrogen-bond donors (Lipinski definition) is 1. The third-order valence-corrected chi connectivity index (χ3v) is 3.53. The van der Waals surface area contributed by atoms with Crippen LogP contribution in [0.4, 0.5) is 0 Å². The summed E-state index contributed by atoms with van der Waals surface area (Å²) in [4.78, 5) is 23.9. The predicted octanol–water partition coefficient (Wildman–Crippen LogP) is 1.84. The molecular formula is C16H27N3O3. The van der Waals surface area contributed by atoms with Crippen LogP contribution in [0.2, 0.25) is 0 Å². The molecule has 1 aromatic rings. The molecule has 6 heteroatoms. The van der Waals surface area contributed by atoms with Crippen LogP contribution in [-0.4, -0.2) is 35.9 Å². The van der Waals surface area contributed by atoms with E-state index in [-0.39, 0.29) is 22.6 Å². The maximum atomic E-state index is 12.2. The second-order valence-electron chi connectivity index (χ2n) is 6.22. The van der Waals surface area contributed by atoms with Gasteiger partial charge in [-0.3, -0.25) is 9.59 Å². The van der Waals surface area contributed by atoms with Crippen LogP contribution in [0.15, 0.2) is 16.9 Å².